The maximum Gasteiger partial charge on any atom is 0.291 e. The molecule has 2 heterocycles. The van der Waals surface area contributed by atoms with Crippen molar-refractivity contribution in [1.82, 2.24) is 0 Å². The third kappa shape index (κ3) is 6.24. The molecule has 0 saturated carbocycles. The van der Waals surface area contributed by atoms with Crippen LogP contribution in [0.1, 0.15) is 33.7 Å². The molecule has 1 aliphatic rings. The molecular formula is C29H25N3O5S. The van der Waals surface area contributed by atoms with E-state index in [1.165, 1.54) is 12.5 Å². The van der Waals surface area contributed by atoms with Crippen LogP contribution in [0.15, 0.2) is 76.0 Å². The molecule has 1 atom stereocenters. The predicted molar refractivity (Wildman–Crippen MR) is 150 cm³/mol. The van der Waals surface area contributed by atoms with Crippen molar-refractivity contribution in [2.24, 2.45) is 10.9 Å². The zero-order valence-electron chi connectivity index (χ0n) is 20.5. The van der Waals surface area contributed by atoms with Crippen LogP contribution in [0.4, 0.5) is 11.4 Å². The van der Waals surface area contributed by atoms with Crippen molar-refractivity contribution in [1.29, 1.82) is 0 Å². The number of aliphatic imine (C=N–C) groups is 1. The third-order valence-electron chi connectivity index (χ3n) is 5.76. The first-order chi connectivity index (χ1) is 18.4. The lowest BCUT2D eigenvalue weighted by molar-refractivity contribution is -0.112. The lowest BCUT2D eigenvalue weighted by Gasteiger charge is -2.16. The minimum absolute atomic E-state index is 0.00118. The van der Waals surface area contributed by atoms with Gasteiger partial charge in [0.1, 0.15) is 5.75 Å². The summed E-state index contributed by atoms with van der Waals surface area (Å²) < 4.78 is 5.23. The van der Waals surface area contributed by atoms with E-state index in [1.54, 1.807) is 61.7 Å². The highest BCUT2D eigenvalue weighted by atomic mass is 32.1. The van der Waals surface area contributed by atoms with Gasteiger partial charge in [0.25, 0.3) is 11.8 Å². The van der Waals surface area contributed by atoms with E-state index in [9.17, 15) is 14.7 Å². The van der Waals surface area contributed by atoms with Crippen LogP contribution in [0.5, 0.6) is 5.75 Å². The number of aromatic hydroxyl groups is 1. The van der Waals surface area contributed by atoms with Crippen molar-refractivity contribution < 1.29 is 24.2 Å². The summed E-state index contributed by atoms with van der Waals surface area (Å²) in [7, 11) is 0. The molecule has 0 saturated heterocycles. The topological polar surface area (TPSA) is 124 Å². The number of anilines is 2. The van der Waals surface area contributed by atoms with Gasteiger partial charge in [0.05, 0.1) is 23.4 Å². The molecule has 9 heteroatoms. The van der Waals surface area contributed by atoms with E-state index in [-0.39, 0.29) is 35.3 Å². The first-order valence-corrected chi connectivity index (χ1v) is 12.3. The summed E-state index contributed by atoms with van der Waals surface area (Å²) >= 11 is 5.53. The molecule has 2 amide bonds. The Morgan fingerprint density at radius 2 is 1.95 bits per heavy atom. The van der Waals surface area contributed by atoms with Crippen LogP contribution >= 0.6 is 12.2 Å². The first-order valence-electron chi connectivity index (χ1n) is 11.8. The normalized spacial score (nSPS) is 14.3. The average molecular weight is 528 g/mol. The summed E-state index contributed by atoms with van der Waals surface area (Å²) in [5.74, 6) is 4.81. The average Bonchev–Trinajstić information content (AvgIpc) is 3.34. The summed E-state index contributed by atoms with van der Waals surface area (Å²) in [6, 6.07) is 13.8. The fourth-order valence-corrected chi connectivity index (χ4v) is 4.02. The Balaban J connectivity index is 1.44. The van der Waals surface area contributed by atoms with Crippen molar-refractivity contribution in [3.8, 4) is 17.6 Å². The third-order valence-corrected chi connectivity index (χ3v) is 6.24. The lowest BCUT2D eigenvalue weighted by atomic mass is 9.97. The molecular weight excluding hydrogens is 502 g/mol. The van der Waals surface area contributed by atoms with Crippen molar-refractivity contribution in [3.05, 3.63) is 89.0 Å². The summed E-state index contributed by atoms with van der Waals surface area (Å²) in [5.41, 5.74) is 2.98. The molecule has 0 aliphatic carbocycles. The van der Waals surface area contributed by atoms with Gasteiger partial charge in [0, 0.05) is 40.7 Å². The highest BCUT2D eigenvalue weighted by Crippen LogP contribution is 2.29. The molecule has 1 aliphatic heterocycles. The molecule has 192 valence electrons. The number of aliphatic hydroxyl groups excluding tert-OH is 1. The van der Waals surface area contributed by atoms with Crippen molar-refractivity contribution in [2.45, 2.75) is 19.8 Å². The van der Waals surface area contributed by atoms with Crippen molar-refractivity contribution in [3.63, 3.8) is 0 Å². The van der Waals surface area contributed by atoms with Gasteiger partial charge in [-0.15, -0.1) is 0 Å². The Bertz CT molecular complexity index is 1510. The van der Waals surface area contributed by atoms with Gasteiger partial charge in [-0.3, -0.25) is 14.6 Å². The minimum Gasteiger partial charge on any atom is -0.505 e. The fraction of sp³-hybridized carbons (Fsp3) is 0.172. The summed E-state index contributed by atoms with van der Waals surface area (Å²) in [4.78, 5) is 29.8. The van der Waals surface area contributed by atoms with E-state index in [4.69, 9.17) is 21.7 Å². The number of carbonyl (C=O) groups excluding carboxylic acids is 2. The number of aliphatic hydroxyl groups is 1. The lowest BCUT2D eigenvalue weighted by Crippen LogP contribution is -2.26. The van der Waals surface area contributed by atoms with Crippen molar-refractivity contribution >= 4 is 46.5 Å². The van der Waals surface area contributed by atoms with E-state index in [1.807, 2.05) is 0 Å². The number of hydrogen-bond donors (Lipinski definition) is 4. The number of aryl methyl sites for hydroxylation is 2. The summed E-state index contributed by atoms with van der Waals surface area (Å²) in [6.07, 6.45) is 5.36. The number of phenols is 1. The summed E-state index contributed by atoms with van der Waals surface area (Å²) in [5, 5.41) is 25.0. The zero-order chi connectivity index (χ0) is 27.1. The van der Waals surface area contributed by atoms with Gasteiger partial charge in [-0.2, -0.15) is 0 Å². The highest BCUT2D eigenvalue weighted by molar-refractivity contribution is 7.81. The van der Waals surface area contributed by atoms with Gasteiger partial charge in [-0.05, 0) is 55.7 Å². The van der Waals surface area contributed by atoms with E-state index >= 15 is 0 Å². The number of hydrogen-bond acceptors (Lipinski definition) is 7. The van der Waals surface area contributed by atoms with Crippen LogP contribution in [-0.4, -0.2) is 39.7 Å². The van der Waals surface area contributed by atoms with E-state index in [2.05, 4.69) is 27.5 Å². The quantitative estimate of drug-likeness (QED) is 0.205. The molecule has 1 aromatic heterocycles. The Morgan fingerprint density at radius 1 is 1.13 bits per heavy atom. The monoisotopic (exact) mass is 527 g/mol. The highest BCUT2D eigenvalue weighted by Gasteiger charge is 2.24. The molecule has 0 spiro atoms. The van der Waals surface area contributed by atoms with Gasteiger partial charge in [-0.25, -0.2) is 0 Å². The van der Waals surface area contributed by atoms with Crippen LogP contribution < -0.4 is 10.6 Å². The van der Waals surface area contributed by atoms with E-state index in [0.29, 0.717) is 34.5 Å². The Hall–Kier alpha value is -4.52. The number of furan rings is 1. The van der Waals surface area contributed by atoms with Gasteiger partial charge in [-0.1, -0.05) is 42.3 Å². The van der Waals surface area contributed by atoms with Gasteiger partial charge in [0.15, 0.2) is 5.76 Å². The Kier molecular flexibility index (Phi) is 8.48. The number of benzene rings is 2. The predicted octanol–water partition coefficient (Wildman–Crippen LogP) is 4.42. The maximum absolute atomic E-state index is 13.0. The largest absolute Gasteiger partial charge is 0.505 e. The molecule has 0 radical (unpaired) electrons. The number of nitrogens with zero attached hydrogens (tertiary/aromatic N) is 1. The molecule has 4 rings (SSSR count). The Labute approximate surface area is 225 Å². The molecule has 8 nitrogen and oxygen atoms in total. The summed E-state index contributed by atoms with van der Waals surface area (Å²) in [6.45, 7) is 1.79. The minimum atomic E-state index is -0.579. The molecule has 0 fully saturated rings. The number of phenolic OH excluding ortho intramolecular Hbond substituents is 1. The van der Waals surface area contributed by atoms with Crippen LogP contribution in [0.2, 0.25) is 0 Å². The van der Waals surface area contributed by atoms with Crippen LogP contribution in [0, 0.1) is 24.7 Å². The molecule has 4 N–H and O–H groups in total. The Morgan fingerprint density at radius 3 is 2.71 bits per heavy atom. The molecule has 3 aromatic rings. The SMILES string of the molecule is Cc1ccoc1C(=O)Nc1cccc(C#C[C@H]2C=NC=C(C(=O)Nc3cccc(CCCO)c3O)C2=S)c1. The molecule has 38 heavy (non-hydrogen) atoms. The standard InChI is InChI=1S/C29H25N3O5S/c1-18-12-14-37-26(18)29(36)31-22-8-2-5-19(15-22)10-11-21-16-30-17-23(27(21)38)28(35)32-24-9-3-6-20(25(24)34)7-4-13-33/h2-3,5-6,8-9,12,14-17,21,33-34H,4,7,13H2,1H3,(H,31,36)(H,32,35)/t21-/m0/s1. The van der Waals surface area contributed by atoms with E-state index < -0.39 is 11.8 Å². The fourth-order valence-electron chi connectivity index (χ4n) is 3.76. The number of rotatable bonds is 7. The van der Waals surface area contributed by atoms with Gasteiger partial charge in [0.2, 0.25) is 0 Å². The van der Waals surface area contributed by atoms with Crippen LogP contribution in [0.3, 0.4) is 0 Å². The molecule has 0 bridgehead atoms. The van der Waals surface area contributed by atoms with Gasteiger partial charge >= 0.3 is 0 Å². The zero-order valence-corrected chi connectivity index (χ0v) is 21.3. The van der Waals surface area contributed by atoms with Crippen molar-refractivity contribution in [2.75, 3.05) is 17.2 Å². The molecule has 0 unspecified atom stereocenters. The van der Waals surface area contributed by atoms with Crippen LogP contribution in [-0.2, 0) is 11.2 Å². The number of para-hydroxylation sites is 1. The number of nitrogens with one attached hydrogen (secondary N) is 2. The molecule has 2 aromatic carbocycles. The number of amides is 2. The van der Waals surface area contributed by atoms with Gasteiger partial charge < -0.3 is 25.3 Å². The second-order valence-corrected chi connectivity index (χ2v) is 8.95. The van der Waals surface area contributed by atoms with E-state index in [0.717, 1.165) is 5.56 Å². The number of carbonyl (C=O) groups is 2. The first kappa shape index (κ1) is 26.5. The van der Waals surface area contributed by atoms with Crippen LogP contribution in [0.25, 0.3) is 0 Å². The second-order valence-electron chi connectivity index (χ2n) is 8.51. The smallest absolute Gasteiger partial charge is 0.291 e. The number of thiocarbonyl (C=S) groups is 1. The maximum atomic E-state index is 13.0. The second kappa shape index (κ2) is 12.1.